The minimum Gasteiger partial charge on any atom is -0.394 e. The van der Waals surface area contributed by atoms with Crippen LogP contribution in [-0.2, 0) is 4.74 Å². The molecule has 1 aliphatic rings. The fourth-order valence-corrected chi connectivity index (χ4v) is 2.41. The molecule has 2 atom stereocenters. The Morgan fingerprint density at radius 1 is 1.44 bits per heavy atom. The molecule has 0 spiro atoms. The summed E-state index contributed by atoms with van der Waals surface area (Å²) in [6.07, 6.45) is -1.14. The van der Waals surface area contributed by atoms with Crippen molar-refractivity contribution < 1.29 is 23.0 Å². The van der Waals surface area contributed by atoms with Gasteiger partial charge in [0.05, 0.1) is 12.7 Å². The maximum Gasteiger partial charge on any atom is 0.411 e. The molecule has 0 aromatic rings. The van der Waals surface area contributed by atoms with Gasteiger partial charge < -0.3 is 15.2 Å². The Hall–Kier alpha value is -0.330. The first-order valence-electron chi connectivity index (χ1n) is 6.45. The SMILES string of the molecule is CCCNC1(CO)CCCC(OCC(F)(F)F)C1. The smallest absolute Gasteiger partial charge is 0.394 e. The first-order valence-corrected chi connectivity index (χ1v) is 6.45. The molecule has 1 fully saturated rings. The summed E-state index contributed by atoms with van der Waals surface area (Å²) in [6, 6.07) is 0. The molecule has 0 bridgehead atoms. The van der Waals surface area contributed by atoms with Crippen molar-refractivity contribution >= 4 is 0 Å². The highest BCUT2D eigenvalue weighted by Crippen LogP contribution is 2.31. The van der Waals surface area contributed by atoms with E-state index in [1.54, 1.807) is 0 Å². The van der Waals surface area contributed by atoms with Crippen LogP contribution >= 0.6 is 0 Å². The molecule has 18 heavy (non-hydrogen) atoms. The third kappa shape index (κ3) is 5.12. The standard InChI is InChI=1S/C12H22F3NO2/c1-2-6-16-11(8-17)5-3-4-10(7-11)18-9-12(13,14)15/h10,16-17H,2-9H2,1H3. The first kappa shape index (κ1) is 15.7. The van der Waals surface area contributed by atoms with E-state index in [0.29, 0.717) is 12.8 Å². The lowest BCUT2D eigenvalue weighted by Crippen LogP contribution is -2.53. The molecule has 2 N–H and O–H groups in total. The van der Waals surface area contributed by atoms with Gasteiger partial charge in [-0.15, -0.1) is 0 Å². The van der Waals surface area contributed by atoms with Crippen molar-refractivity contribution in [1.29, 1.82) is 0 Å². The lowest BCUT2D eigenvalue weighted by molar-refractivity contribution is -0.190. The fourth-order valence-electron chi connectivity index (χ4n) is 2.41. The van der Waals surface area contributed by atoms with Crippen molar-refractivity contribution in [2.24, 2.45) is 0 Å². The van der Waals surface area contributed by atoms with Crippen molar-refractivity contribution in [3.8, 4) is 0 Å². The van der Waals surface area contributed by atoms with E-state index >= 15 is 0 Å². The van der Waals surface area contributed by atoms with E-state index in [1.165, 1.54) is 0 Å². The average molecular weight is 269 g/mol. The minimum atomic E-state index is -4.28. The molecule has 0 aromatic heterocycles. The molecular formula is C12H22F3NO2. The molecule has 0 saturated heterocycles. The van der Waals surface area contributed by atoms with Gasteiger partial charge in [0.2, 0.25) is 0 Å². The highest BCUT2D eigenvalue weighted by molar-refractivity contribution is 4.93. The monoisotopic (exact) mass is 269 g/mol. The Kier molecular flexibility index (Phi) is 5.88. The molecule has 2 unspecified atom stereocenters. The normalized spacial score (nSPS) is 29.5. The van der Waals surface area contributed by atoms with Crippen molar-refractivity contribution in [3.63, 3.8) is 0 Å². The zero-order valence-corrected chi connectivity index (χ0v) is 10.7. The second kappa shape index (κ2) is 6.73. The highest BCUT2D eigenvalue weighted by atomic mass is 19.4. The van der Waals surface area contributed by atoms with Gasteiger partial charge in [-0.1, -0.05) is 6.92 Å². The fraction of sp³-hybridized carbons (Fsp3) is 1.00. The largest absolute Gasteiger partial charge is 0.411 e. The average Bonchev–Trinajstić information content (AvgIpc) is 2.34. The minimum absolute atomic E-state index is 0.0567. The third-order valence-corrected chi connectivity index (χ3v) is 3.34. The zero-order chi connectivity index (χ0) is 13.6. The highest BCUT2D eigenvalue weighted by Gasteiger charge is 2.37. The Bertz CT molecular complexity index is 248. The number of nitrogens with one attached hydrogen (secondary N) is 1. The van der Waals surface area contributed by atoms with Gasteiger partial charge in [0.15, 0.2) is 0 Å². The summed E-state index contributed by atoms with van der Waals surface area (Å²) >= 11 is 0. The molecule has 108 valence electrons. The Morgan fingerprint density at radius 3 is 2.72 bits per heavy atom. The number of aliphatic hydroxyl groups excluding tert-OH is 1. The van der Waals surface area contributed by atoms with Gasteiger partial charge in [-0.3, -0.25) is 0 Å². The quantitative estimate of drug-likeness (QED) is 0.777. The van der Waals surface area contributed by atoms with E-state index in [9.17, 15) is 18.3 Å². The van der Waals surface area contributed by atoms with Crippen LogP contribution in [0.1, 0.15) is 39.0 Å². The Balaban J connectivity index is 2.47. The molecule has 0 radical (unpaired) electrons. The zero-order valence-electron chi connectivity index (χ0n) is 10.7. The molecule has 0 aliphatic heterocycles. The lowest BCUT2D eigenvalue weighted by atomic mass is 9.80. The summed E-state index contributed by atoms with van der Waals surface area (Å²) in [6.45, 7) is 1.51. The summed E-state index contributed by atoms with van der Waals surface area (Å²) in [4.78, 5) is 0. The first-order chi connectivity index (χ1) is 8.41. The van der Waals surface area contributed by atoms with Crippen molar-refractivity contribution in [2.75, 3.05) is 19.8 Å². The molecule has 1 rings (SSSR count). The van der Waals surface area contributed by atoms with Crippen LogP contribution in [0.15, 0.2) is 0 Å². The molecule has 0 heterocycles. The Morgan fingerprint density at radius 2 is 2.17 bits per heavy atom. The lowest BCUT2D eigenvalue weighted by Gasteiger charge is -2.40. The van der Waals surface area contributed by atoms with Gasteiger partial charge >= 0.3 is 6.18 Å². The van der Waals surface area contributed by atoms with E-state index in [4.69, 9.17) is 4.74 Å². The maximum absolute atomic E-state index is 12.1. The topological polar surface area (TPSA) is 41.5 Å². The second-order valence-electron chi connectivity index (χ2n) is 5.01. The number of ether oxygens (including phenoxy) is 1. The molecule has 1 saturated carbocycles. The van der Waals surface area contributed by atoms with Crippen LogP contribution < -0.4 is 5.32 Å². The van der Waals surface area contributed by atoms with Crippen LogP contribution in [0.3, 0.4) is 0 Å². The van der Waals surface area contributed by atoms with E-state index in [1.807, 2.05) is 6.92 Å². The van der Waals surface area contributed by atoms with Crippen molar-refractivity contribution in [2.45, 2.75) is 56.8 Å². The molecule has 3 nitrogen and oxygen atoms in total. The summed E-state index contributed by atoms with van der Waals surface area (Å²) in [5.41, 5.74) is -0.468. The van der Waals surface area contributed by atoms with E-state index < -0.39 is 24.4 Å². The van der Waals surface area contributed by atoms with Gasteiger partial charge in [-0.05, 0) is 38.6 Å². The van der Waals surface area contributed by atoms with Crippen LogP contribution in [0.25, 0.3) is 0 Å². The van der Waals surface area contributed by atoms with Crippen LogP contribution in [0, 0.1) is 0 Å². The predicted molar refractivity (Wildman–Crippen MR) is 62.4 cm³/mol. The van der Waals surface area contributed by atoms with E-state index in [2.05, 4.69) is 5.32 Å². The van der Waals surface area contributed by atoms with E-state index in [-0.39, 0.29) is 6.61 Å². The number of halogens is 3. The van der Waals surface area contributed by atoms with Crippen LogP contribution in [-0.4, -0.2) is 42.7 Å². The van der Waals surface area contributed by atoms with Crippen molar-refractivity contribution in [1.82, 2.24) is 5.32 Å². The predicted octanol–water partition coefficient (Wildman–Crippen LogP) is 2.24. The second-order valence-corrected chi connectivity index (χ2v) is 5.01. The van der Waals surface area contributed by atoms with E-state index in [0.717, 1.165) is 25.8 Å². The number of alkyl halides is 3. The molecule has 0 amide bonds. The van der Waals surface area contributed by atoms with Gasteiger partial charge in [0.1, 0.15) is 6.61 Å². The number of hydrogen-bond donors (Lipinski definition) is 2. The van der Waals surface area contributed by atoms with Gasteiger partial charge in [0, 0.05) is 5.54 Å². The van der Waals surface area contributed by atoms with Gasteiger partial charge in [0.25, 0.3) is 0 Å². The van der Waals surface area contributed by atoms with Gasteiger partial charge in [-0.2, -0.15) is 13.2 Å². The Labute approximate surface area is 106 Å². The molecule has 0 aromatic carbocycles. The summed E-state index contributed by atoms with van der Waals surface area (Å²) < 4.78 is 41.2. The van der Waals surface area contributed by atoms with Crippen molar-refractivity contribution in [3.05, 3.63) is 0 Å². The number of hydrogen-bond acceptors (Lipinski definition) is 3. The summed E-state index contributed by atoms with van der Waals surface area (Å²) in [5, 5.41) is 12.7. The molecular weight excluding hydrogens is 247 g/mol. The maximum atomic E-state index is 12.1. The molecule has 6 heteroatoms. The summed E-state index contributed by atoms with van der Waals surface area (Å²) in [5.74, 6) is 0. The van der Waals surface area contributed by atoms with Crippen LogP contribution in [0.4, 0.5) is 13.2 Å². The van der Waals surface area contributed by atoms with Crippen LogP contribution in [0.5, 0.6) is 0 Å². The third-order valence-electron chi connectivity index (χ3n) is 3.34. The molecule has 1 aliphatic carbocycles. The number of aliphatic hydroxyl groups is 1. The van der Waals surface area contributed by atoms with Gasteiger partial charge in [-0.25, -0.2) is 0 Å². The van der Waals surface area contributed by atoms with Crippen LogP contribution in [0.2, 0.25) is 0 Å². The number of rotatable bonds is 6. The summed E-state index contributed by atoms with van der Waals surface area (Å²) in [7, 11) is 0.